The first-order valence-corrected chi connectivity index (χ1v) is 8.59. The molecule has 0 aliphatic rings. The van der Waals surface area contributed by atoms with Crippen molar-refractivity contribution >= 4 is 31.9 Å². The van der Waals surface area contributed by atoms with Gasteiger partial charge in [0.05, 0.1) is 4.47 Å². The SMILES string of the molecule is CCNC(C)c1ccc(OCc2ccc(Br)cc2)c(Br)c1. The summed E-state index contributed by atoms with van der Waals surface area (Å²) in [6.45, 7) is 5.80. The van der Waals surface area contributed by atoms with E-state index in [1.165, 1.54) is 5.56 Å². The molecule has 2 nitrogen and oxygen atoms in total. The molecule has 0 heterocycles. The quantitative estimate of drug-likeness (QED) is 0.679. The van der Waals surface area contributed by atoms with Crippen LogP contribution in [-0.4, -0.2) is 6.54 Å². The molecule has 0 radical (unpaired) electrons. The number of hydrogen-bond donors (Lipinski definition) is 1. The molecular formula is C17H19Br2NO. The van der Waals surface area contributed by atoms with Crippen LogP contribution in [0.2, 0.25) is 0 Å². The molecule has 21 heavy (non-hydrogen) atoms. The first-order chi connectivity index (χ1) is 10.1. The molecule has 0 aromatic heterocycles. The van der Waals surface area contributed by atoms with E-state index < -0.39 is 0 Å². The molecule has 0 fully saturated rings. The first kappa shape index (κ1) is 16.5. The number of halogens is 2. The van der Waals surface area contributed by atoms with E-state index in [-0.39, 0.29) is 0 Å². The highest BCUT2D eigenvalue weighted by Crippen LogP contribution is 2.29. The summed E-state index contributed by atoms with van der Waals surface area (Å²) in [6, 6.07) is 14.7. The minimum Gasteiger partial charge on any atom is -0.488 e. The van der Waals surface area contributed by atoms with Crippen molar-refractivity contribution in [1.29, 1.82) is 0 Å². The van der Waals surface area contributed by atoms with Crippen LogP contribution in [0.25, 0.3) is 0 Å². The van der Waals surface area contributed by atoms with Crippen LogP contribution >= 0.6 is 31.9 Å². The summed E-state index contributed by atoms with van der Waals surface area (Å²) in [4.78, 5) is 0. The third-order valence-corrected chi connectivity index (χ3v) is 4.42. The van der Waals surface area contributed by atoms with Crippen molar-refractivity contribution in [2.45, 2.75) is 26.5 Å². The lowest BCUT2D eigenvalue weighted by atomic mass is 10.1. The van der Waals surface area contributed by atoms with Crippen molar-refractivity contribution in [2.24, 2.45) is 0 Å². The van der Waals surface area contributed by atoms with Gasteiger partial charge in [-0.1, -0.05) is 41.1 Å². The Bertz CT molecular complexity index is 584. The van der Waals surface area contributed by atoms with Crippen LogP contribution in [0.5, 0.6) is 5.75 Å². The molecule has 0 amide bonds. The molecule has 0 saturated carbocycles. The fourth-order valence-corrected chi connectivity index (χ4v) is 2.84. The highest BCUT2D eigenvalue weighted by atomic mass is 79.9. The van der Waals surface area contributed by atoms with E-state index >= 15 is 0 Å². The molecule has 0 spiro atoms. The molecule has 0 aliphatic carbocycles. The number of benzene rings is 2. The first-order valence-electron chi connectivity index (χ1n) is 7.00. The topological polar surface area (TPSA) is 21.3 Å². The van der Waals surface area contributed by atoms with Crippen molar-refractivity contribution in [2.75, 3.05) is 6.54 Å². The van der Waals surface area contributed by atoms with Crippen molar-refractivity contribution in [3.63, 3.8) is 0 Å². The van der Waals surface area contributed by atoms with E-state index in [1.54, 1.807) is 0 Å². The van der Waals surface area contributed by atoms with Gasteiger partial charge in [0.25, 0.3) is 0 Å². The number of ether oxygens (including phenoxy) is 1. The summed E-state index contributed by atoms with van der Waals surface area (Å²) in [6.07, 6.45) is 0. The molecular weight excluding hydrogens is 394 g/mol. The van der Waals surface area contributed by atoms with Gasteiger partial charge in [-0.3, -0.25) is 0 Å². The summed E-state index contributed by atoms with van der Waals surface area (Å²) in [5.74, 6) is 0.866. The Balaban J connectivity index is 2.02. The summed E-state index contributed by atoms with van der Waals surface area (Å²) in [7, 11) is 0. The van der Waals surface area contributed by atoms with Crippen LogP contribution in [0.15, 0.2) is 51.4 Å². The molecule has 1 atom stereocenters. The second-order valence-electron chi connectivity index (χ2n) is 4.88. The fourth-order valence-electron chi connectivity index (χ4n) is 2.07. The van der Waals surface area contributed by atoms with Gasteiger partial charge in [-0.05, 0) is 64.8 Å². The molecule has 112 valence electrons. The third kappa shape index (κ3) is 4.83. The predicted octanol–water partition coefficient (Wildman–Crippen LogP) is 5.46. The van der Waals surface area contributed by atoms with Crippen LogP contribution in [-0.2, 0) is 6.61 Å². The van der Waals surface area contributed by atoms with E-state index in [1.807, 2.05) is 18.2 Å². The Morgan fingerprint density at radius 3 is 2.43 bits per heavy atom. The summed E-state index contributed by atoms with van der Waals surface area (Å²) in [5, 5.41) is 3.41. The van der Waals surface area contributed by atoms with Crippen molar-refractivity contribution in [1.82, 2.24) is 5.32 Å². The fraction of sp³-hybridized carbons (Fsp3) is 0.294. The molecule has 2 rings (SSSR count). The zero-order chi connectivity index (χ0) is 15.2. The van der Waals surface area contributed by atoms with Gasteiger partial charge < -0.3 is 10.1 Å². The lowest BCUT2D eigenvalue weighted by Gasteiger charge is -2.15. The van der Waals surface area contributed by atoms with Gasteiger partial charge in [-0.2, -0.15) is 0 Å². The second kappa shape index (κ2) is 7.97. The molecule has 2 aromatic carbocycles. The molecule has 1 unspecified atom stereocenters. The van der Waals surface area contributed by atoms with Gasteiger partial charge in [0.15, 0.2) is 0 Å². The molecule has 0 bridgehead atoms. The maximum Gasteiger partial charge on any atom is 0.134 e. The Morgan fingerprint density at radius 1 is 1.10 bits per heavy atom. The van der Waals surface area contributed by atoms with Crippen molar-refractivity contribution < 1.29 is 4.74 Å². The molecule has 2 aromatic rings. The number of rotatable bonds is 6. The largest absolute Gasteiger partial charge is 0.488 e. The van der Waals surface area contributed by atoms with Crippen LogP contribution < -0.4 is 10.1 Å². The Morgan fingerprint density at radius 2 is 1.81 bits per heavy atom. The maximum atomic E-state index is 5.87. The van der Waals surface area contributed by atoms with Gasteiger partial charge in [0.1, 0.15) is 12.4 Å². The van der Waals surface area contributed by atoms with E-state index in [2.05, 4.69) is 75.3 Å². The Labute approximate surface area is 143 Å². The molecule has 1 N–H and O–H groups in total. The molecule has 0 aliphatic heterocycles. The van der Waals surface area contributed by atoms with E-state index in [9.17, 15) is 0 Å². The molecule has 4 heteroatoms. The number of nitrogens with one attached hydrogen (secondary N) is 1. The van der Waals surface area contributed by atoms with Gasteiger partial charge in [0, 0.05) is 10.5 Å². The average Bonchev–Trinajstić information content (AvgIpc) is 2.48. The monoisotopic (exact) mass is 411 g/mol. The normalized spacial score (nSPS) is 12.2. The smallest absolute Gasteiger partial charge is 0.134 e. The van der Waals surface area contributed by atoms with Crippen LogP contribution in [0.1, 0.15) is 31.0 Å². The summed E-state index contributed by atoms with van der Waals surface area (Å²) in [5.41, 5.74) is 2.40. The Kier molecular flexibility index (Phi) is 6.27. The highest BCUT2D eigenvalue weighted by Gasteiger charge is 2.08. The van der Waals surface area contributed by atoms with Crippen LogP contribution in [0.4, 0.5) is 0 Å². The van der Waals surface area contributed by atoms with E-state index in [0.29, 0.717) is 12.6 Å². The molecule has 0 saturated heterocycles. The van der Waals surface area contributed by atoms with E-state index in [0.717, 1.165) is 26.8 Å². The van der Waals surface area contributed by atoms with Crippen LogP contribution in [0.3, 0.4) is 0 Å². The van der Waals surface area contributed by atoms with E-state index in [4.69, 9.17) is 4.74 Å². The van der Waals surface area contributed by atoms with Gasteiger partial charge in [-0.15, -0.1) is 0 Å². The maximum absolute atomic E-state index is 5.87. The standard InChI is InChI=1S/C17H19Br2NO/c1-3-20-12(2)14-6-9-17(16(19)10-14)21-11-13-4-7-15(18)8-5-13/h4-10,12,20H,3,11H2,1-2H3. The minimum atomic E-state index is 0.340. The van der Waals surface area contributed by atoms with Gasteiger partial charge in [-0.25, -0.2) is 0 Å². The zero-order valence-electron chi connectivity index (χ0n) is 12.2. The summed E-state index contributed by atoms with van der Waals surface area (Å²) >= 11 is 7.02. The van der Waals surface area contributed by atoms with Gasteiger partial charge >= 0.3 is 0 Å². The minimum absolute atomic E-state index is 0.340. The zero-order valence-corrected chi connectivity index (χ0v) is 15.4. The average molecular weight is 413 g/mol. The highest BCUT2D eigenvalue weighted by molar-refractivity contribution is 9.10. The number of hydrogen-bond acceptors (Lipinski definition) is 2. The summed E-state index contributed by atoms with van der Waals surface area (Å²) < 4.78 is 7.94. The van der Waals surface area contributed by atoms with Crippen LogP contribution in [0, 0.1) is 0 Å². The lowest BCUT2D eigenvalue weighted by Crippen LogP contribution is -2.17. The van der Waals surface area contributed by atoms with Crippen molar-refractivity contribution in [3.05, 3.63) is 62.5 Å². The Hall–Kier alpha value is -0.840. The van der Waals surface area contributed by atoms with Crippen molar-refractivity contribution in [3.8, 4) is 5.75 Å². The second-order valence-corrected chi connectivity index (χ2v) is 6.65. The van der Waals surface area contributed by atoms with Gasteiger partial charge in [0.2, 0.25) is 0 Å². The predicted molar refractivity (Wildman–Crippen MR) is 94.7 cm³/mol. The third-order valence-electron chi connectivity index (χ3n) is 3.27. The lowest BCUT2D eigenvalue weighted by molar-refractivity contribution is 0.304.